The molecule has 0 spiro atoms. The summed E-state index contributed by atoms with van der Waals surface area (Å²) in [6.45, 7) is 5.99. The van der Waals surface area contributed by atoms with Crippen molar-refractivity contribution >= 4 is 17.6 Å². The maximum Gasteiger partial charge on any atom is 0.315 e. The minimum absolute atomic E-state index is 0.247. The predicted molar refractivity (Wildman–Crippen MR) is 67.7 cm³/mol. The van der Waals surface area contributed by atoms with Gasteiger partial charge in [-0.05, 0) is 19.1 Å². The number of hydrogen-bond acceptors (Lipinski definition) is 3. The third-order valence-electron chi connectivity index (χ3n) is 1.67. The zero-order valence-electron chi connectivity index (χ0n) is 10.5. The van der Waals surface area contributed by atoms with Crippen LogP contribution in [-0.2, 0) is 14.3 Å². The molecule has 0 aliphatic rings. The summed E-state index contributed by atoms with van der Waals surface area (Å²) in [7, 11) is 0. The molecule has 1 aromatic rings. The Balaban J connectivity index is 0.00000121. The predicted octanol–water partition coefficient (Wildman–Crippen LogP) is 2.60. The van der Waals surface area contributed by atoms with Gasteiger partial charge in [0.1, 0.15) is 6.42 Å². The molecule has 1 N–H and O–H groups in total. The molecule has 17 heavy (non-hydrogen) atoms. The number of esters is 1. The lowest BCUT2D eigenvalue weighted by Crippen LogP contribution is -2.18. The van der Waals surface area contributed by atoms with Crippen molar-refractivity contribution < 1.29 is 14.3 Å². The standard InChI is InChI=1S/C11H13NO3.C2H6/c1-2-15-11(14)8-10(13)12-9-6-4-3-5-7-9;1-2/h3-7H,2,8H2,1H3,(H,12,13);1-2H3. The van der Waals surface area contributed by atoms with Gasteiger partial charge < -0.3 is 10.1 Å². The Bertz CT molecular complexity index is 336. The Morgan fingerprint density at radius 1 is 1.18 bits per heavy atom. The van der Waals surface area contributed by atoms with Crippen LogP contribution in [0, 0.1) is 0 Å². The van der Waals surface area contributed by atoms with Gasteiger partial charge in [-0.3, -0.25) is 9.59 Å². The van der Waals surface area contributed by atoms with Crippen molar-refractivity contribution in [2.45, 2.75) is 27.2 Å². The highest BCUT2D eigenvalue weighted by Crippen LogP contribution is 2.05. The van der Waals surface area contributed by atoms with Gasteiger partial charge in [-0.2, -0.15) is 0 Å². The van der Waals surface area contributed by atoms with Gasteiger partial charge in [0, 0.05) is 5.69 Å². The lowest BCUT2D eigenvalue weighted by atomic mass is 10.3. The quantitative estimate of drug-likeness (QED) is 0.647. The third kappa shape index (κ3) is 7.11. The van der Waals surface area contributed by atoms with Crippen molar-refractivity contribution in [2.75, 3.05) is 11.9 Å². The van der Waals surface area contributed by atoms with Gasteiger partial charge in [0.25, 0.3) is 0 Å². The fourth-order valence-corrected chi connectivity index (χ4v) is 1.07. The summed E-state index contributed by atoms with van der Waals surface area (Å²) < 4.78 is 4.65. The zero-order chi connectivity index (χ0) is 13.1. The minimum Gasteiger partial charge on any atom is -0.466 e. The van der Waals surface area contributed by atoms with E-state index >= 15 is 0 Å². The van der Waals surface area contributed by atoms with E-state index in [-0.39, 0.29) is 18.9 Å². The summed E-state index contributed by atoms with van der Waals surface area (Å²) in [4.78, 5) is 22.2. The smallest absolute Gasteiger partial charge is 0.315 e. The lowest BCUT2D eigenvalue weighted by molar-refractivity contribution is -0.145. The van der Waals surface area contributed by atoms with Gasteiger partial charge in [0.05, 0.1) is 6.61 Å². The summed E-state index contributed by atoms with van der Waals surface area (Å²) in [5, 5.41) is 2.59. The van der Waals surface area contributed by atoms with Crippen LogP contribution in [0.5, 0.6) is 0 Å². The van der Waals surface area contributed by atoms with Gasteiger partial charge in [0.15, 0.2) is 0 Å². The Hall–Kier alpha value is -1.84. The van der Waals surface area contributed by atoms with Crippen LogP contribution >= 0.6 is 0 Å². The molecule has 0 unspecified atom stereocenters. The van der Waals surface area contributed by atoms with Crippen molar-refractivity contribution in [2.24, 2.45) is 0 Å². The number of anilines is 1. The van der Waals surface area contributed by atoms with Crippen LogP contribution in [0.3, 0.4) is 0 Å². The number of rotatable bonds is 4. The fraction of sp³-hybridized carbons (Fsp3) is 0.385. The molecule has 0 aromatic heterocycles. The van der Waals surface area contributed by atoms with Gasteiger partial charge in [-0.15, -0.1) is 0 Å². The Morgan fingerprint density at radius 2 is 1.76 bits per heavy atom. The number of benzene rings is 1. The van der Waals surface area contributed by atoms with Crippen LogP contribution < -0.4 is 5.32 Å². The topological polar surface area (TPSA) is 55.4 Å². The number of nitrogens with one attached hydrogen (secondary N) is 1. The molecular weight excluding hydrogens is 218 g/mol. The number of hydrogen-bond donors (Lipinski definition) is 1. The second-order valence-corrected chi connectivity index (χ2v) is 2.90. The van der Waals surface area contributed by atoms with E-state index in [9.17, 15) is 9.59 Å². The van der Waals surface area contributed by atoms with Crippen molar-refractivity contribution in [3.8, 4) is 0 Å². The summed E-state index contributed by atoms with van der Waals surface area (Å²) in [5.74, 6) is -0.870. The minimum atomic E-state index is -0.508. The van der Waals surface area contributed by atoms with Crippen molar-refractivity contribution in [1.82, 2.24) is 0 Å². The van der Waals surface area contributed by atoms with Crippen LogP contribution in [0.25, 0.3) is 0 Å². The van der Waals surface area contributed by atoms with E-state index in [0.717, 1.165) is 0 Å². The summed E-state index contributed by atoms with van der Waals surface area (Å²) in [6.07, 6.45) is -0.247. The molecule has 94 valence electrons. The molecule has 0 fully saturated rings. The molecule has 1 amide bonds. The van der Waals surface area contributed by atoms with Crippen LogP contribution in [0.15, 0.2) is 30.3 Å². The molecule has 0 bridgehead atoms. The first-order chi connectivity index (χ1) is 8.22. The fourth-order valence-electron chi connectivity index (χ4n) is 1.07. The summed E-state index contributed by atoms with van der Waals surface area (Å²) in [6, 6.07) is 8.97. The monoisotopic (exact) mass is 237 g/mol. The largest absolute Gasteiger partial charge is 0.466 e. The van der Waals surface area contributed by atoms with Crippen molar-refractivity contribution in [3.63, 3.8) is 0 Å². The van der Waals surface area contributed by atoms with Crippen LogP contribution in [0.4, 0.5) is 5.69 Å². The van der Waals surface area contributed by atoms with Gasteiger partial charge in [-0.1, -0.05) is 32.0 Å². The second kappa shape index (κ2) is 9.39. The lowest BCUT2D eigenvalue weighted by Gasteiger charge is -2.04. The van der Waals surface area contributed by atoms with E-state index in [2.05, 4.69) is 10.1 Å². The maximum atomic E-state index is 11.3. The first kappa shape index (κ1) is 15.2. The average Bonchev–Trinajstić information content (AvgIpc) is 2.33. The highest BCUT2D eigenvalue weighted by atomic mass is 16.5. The third-order valence-corrected chi connectivity index (χ3v) is 1.67. The highest BCUT2D eigenvalue weighted by Gasteiger charge is 2.09. The average molecular weight is 237 g/mol. The summed E-state index contributed by atoms with van der Waals surface area (Å²) >= 11 is 0. The van der Waals surface area contributed by atoms with Crippen molar-refractivity contribution in [3.05, 3.63) is 30.3 Å². The first-order valence-corrected chi connectivity index (χ1v) is 5.73. The SMILES string of the molecule is CC.CCOC(=O)CC(=O)Nc1ccccc1. The number of amides is 1. The van der Waals surface area contributed by atoms with E-state index in [4.69, 9.17) is 0 Å². The number of carbonyl (C=O) groups is 2. The maximum absolute atomic E-state index is 11.3. The Kier molecular flexibility index (Phi) is 8.37. The number of carbonyl (C=O) groups excluding carboxylic acids is 2. The zero-order valence-corrected chi connectivity index (χ0v) is 10.5. The van der Waals surface area contributed by atoms with Crippen LogP contribution in [0.1, 0.15) is 27.2 Å². The van der Waals surface area contributed by atoms with E-state index in [1.165, 1.54) is 0 Å². The molecule has 0 atom stereocenters. The highest BCUT2D eigenvalue weighted by molar-refractivity contribution is 6.01. The molecule has 1 aromatic carbocycles. The van der Waals surface area contributed by atoms with E-state index < -0.39 is 5.97 Å². The molecule has 0 heterocycles. The summed E-state index contributed by atoms with van der Waals surface area (Å²) in [5.41, 5.74) is 0.673. The molecule has 4 nitrogen and oxygen atoms in total. The van der Waals surface area contributed by atoms with E-state index in [1.807, 2.05) is 19.9 Å². The Labute approximate surface area is 102 Å². The Morgan fingerprint density at radius 3 is 2.29 bits per heavy atom. The number of ether oxygens (including phenoxy) is 1. The van der Waals surface area contributed by atoms with Crippen LogP contribution in [-0.4, -0.2) is 18.5 Å². The van der Waals surface area contributed by atoms with E-state index in [1.54, 1.807) is 31.2 Å². The molecular formula is C13H19NO3. The molecule has 0 aliphatic carbocycles. The molecule has 0 aliphatic heterocycles. The number of para-hydroxylation sites is 1. The molecule has 1 rings (SSSR count). The first-order valence-electron chi connectivity index (χ1n) is 5.73. The van der Waals surface area contributed by atoms with Gasteiger partial charge in [0.2, 0.25) is 5.91 Å². The molecule has 4 heteroatoms. The van der Waals surface area contributed by atoms with Crippen LogP contribution in [0.2, 0.25) is 0 Å². The van der Waals surface area contributed by atoms with E-state index in [0.29, 0.717) is 5.69 Å². The second-order valence-electron chi connectivity index (χ2n) is 2.90. The van der Waals surface area contributed by atoms with Crippen molar-refractivity contribution in [1.29, 1.82) is 0 Å². The molecule has 0 saturated carbocycles. The normalized spacial score (nSPS) is 8.65. The van der Waals surface area contributed by atoms with Gasteiger partial charge in [-0.25, -0.2) is 0 Å². The molecule has 0 saturated heterocycles. The van der Waals surface area contributed by atoms with Gasteiger partial charge >= 0.3 is 5.97 Å². The molecule has 0 radical (unpaired) electrons.